The molecule has 0 amide bonds. The highest BCUT2D eigenvalue weighted by Gasteiger charge is 1.25. The quantitative estimate of drug-likeness (QED) is 0.352. The molecule has 136 valence electrons. The zero-order chi connectivity index (χ0) is 18.8. The summed E-state index contributed by atoms with van der Waals surface area (Å²) in [5.74, 6) is 0. The van der Waals surface area contributed by atoms with Crippen LogP contribution < -0.4 is 0 Å². The highest BCUT2D eigenvalue weighted by atomic mass is 32.1. The lowest BCUT2D eigenvalue weighted by Crippen LogP contribution is -1.49. The Balaban J connectivity index is -0.00000000675. The van der Waals surface area contributed by atoms with Crippen LogP contribution in [0.15, 0.2) is 0 Å². The van der Waals surface area contributed by atoms with Crippen LogP contribution in [0.5, 0.6) is 0 Å². The van der Waals surface area contributed by atoms with Gasteiger partial charge < -0.3 is 5.11 Å². The smallest absolute Gasteiger partial charge is 0.290 e. The number of carboxylic acid groups (broad SMARTS) is 1. The second-order valence-corrected chi connectivity index (χ2v) is 1.05. The lowest BCUT2D eigenvalue weighted by Gasteiger charge is -1.34. The fraction of sp³-hybridized carbons (Fsp3) is 0.667. The minimum absolute atomic E-state index is 0. The Bertz CT molecular complexity index is 96.7. The predicted molar refractivity (Wildman–Crippen MR) is 110 cm³/mol. The molecule has 0 heterocycles. The van der Waals surface area contributed by atoms with Crippen LogP contribution in [0.1, 0.15) is 61.1 Å². The Labute approximate surface area is 147 Å². The monoisotopic (exact) mass is 368 g/mol. The summed E-state index contributed by atoms with van der Waals surface area (Å²) in [6, 6.07) is 0. The van der Waals surface area contributed by atoms with E-state index in [0.717, 1.165) is 0 Å². The molecule has 0 aliphatic rings. The molecule has 0 bridgehead atoms. The van der Waals surface area contributed by atoms with Gasteiger partial charge in [0.05, 0.1) is 0 Å². The van der Waals surface area contributed by atoms with Gasteiger partial charge in [-0.05, 0) is 0 Å². The molecule has 0 saturated carbocycles. The van der Waals surface area contributed by atoms with Crippen LogP contribution in [-0.4, -0.2) is 28.4 Å². The minimum Gasteiger partial charge on any atom is -0.483 e. The van der Waals surface area contributed by atoms with Crippen molar-refractivity contribution in [3.63, 3.8) is 0 Å². The van der Waals surface area contributed by atoms with Crippen LogP contribution in [0, 0.1) is 0 Å². The highest BCUT2D eigenvalue weighted by molar-refractivity contribution is 7.94. The van der Waals surface area contributed by atoms with E-state index in [1.165, 1.54) is 0 Å². The molecule has 0 unspecified atom stereocenters. The van der Waals surface area contributed by atoms with Crippen molar-refractivity contribution in [3.05, 3.63) is 0 Å². The van der Waals surface area contributed by atoms with Gasteiger partial charge in [0, 0.05) is 5.71 Å². The fourth-order valence-electron chi connectivity index (χ4n) is 0. The maximum Gasteiger partial charge on any atom is 0.290 e. The Morgan fingerprint density at radius 2 is 0.600 bits per heavy atom. The van der Waals surface area contributed by atoms with Crippen molar-refractivity contribution >= 4 is 61.2 Å². The van der Waals surface area contributed by atoms with E-state index in [0.29, 0.717) is 16.9 Å². The first-order valence-electron chi connectivity index (χ1n) is 5.98. The second-order valence-electron chi connectivity index (χ2n) is 0.422. The van der Waals surface area contributed by atoms with E-state index in [4.69, 9.17) is 24.3 Å². The number of hydrogen-bond donors (Lipinski definition) is 4. The van der Waals surface area contributed by atoms with Gasteiger partial charge in [0.15, 0.2) is 16.9 Å². The molecule has 0 radical (unpaired) electrons. The fourth-order valence-corrected chi connectivity index (χ4v) is 0. The van der Waals surface area contributed by atoms with Crippen LogP contribution in [0.2, 0.25) is 0 Å². The molecule has 5 nitrogen and oxygen atoms in total. The van der Waals surface area contributed by atoms with Crippen molar-refractivity contribution in [1.82, 2.24) is 0 Å². The molecule has 0 aromatic rings. The van der Waals surface area contributed by atoms with Crippen LogP contribution in [0.3, 0.4) is 0 Å². The van der Waals surface area contributed by atoms with Gasteiger partial charge in [0.25, 0.3) is 6.47 Å². The van der Waals surface area contributed by atoms with Gasteiger partial charge in [-0.15, -0.1) is 37.9 Å². The average molecular weight is 369 g/mol. The summed E-state index contributed by atoms with van der Waals surface area (Å²) in [6.07, 6.45) is 0. The Hall–Kier alpha value is -0.470. The molecule has 0 rings (SSSR count). The lowest BCUT2D eigenvalue weighted by atomic mass is 11.0. The molecule has 20 heavy (non-hydrogen) atoms. The first kappa shape index (κ1) is 50.4. The maximum absolute atomic E-state index is 8.67. The van der Waals surface area contributed by atoms with Crippen LogP contribution in [0.25, 0.3) is 0 Å². The second kappa shape index (κ2) is 457. The van der Waals surface area contributed by atoms with E-state index >= 15 is 0 Å². The van der Waals surface area contributed by atoms with Gasteiger partial charge in [0.2, 0.25) is 0 Å². The van der Waals surface area contributed by atoms with Crippen LogP contribution in [-0.2, 0) is 19.2 Å². The third-order valence-corrected chi connectivity index (χ3v) is 0. The number of hydrogen-bond acceptors (Lipinski definition) is 4. The Morgan fingerprint density at radius 1 is 0.600 bits per heavy atom. The number of thiol groups is 3. The molecule has 0 aromatic heterocycles. The van der Waals surface area contributed by atoms with Gasteiger partial charge in [-0.3, -0.25) is 19.2 Å². The molecule has 0 aliphatic heterocycles. The zero-order valence-electron chi connectivity index (χ0n) is 13.7. The topological polar surface area (TPSA) is 88.5 Å². The largest absolute Gasteiger partial charge is 0.483 e. The van der Waals surface area contributed by atoms with Crippen molar-refractivity contribution in [1.29, 1.82) is 0 Å². The first-order valence-corrected chi connectivity index (χ1v) is 7.52. The van der Waals surface area contributed by atoms with E-state index in [-0.39, 0.29) is 12.2 Å². The molecule has 0 spiro atoms. The van der Waals surface area contributed by atoms with Crippen LogP contribution >= 0.6 is 37.9 Å². The highest BCUT2D eigenvalue weighted by Crippen LogP contribution is 1.40. The number of rotatable bonds is 0. The summed E-state index contributed by atoms with van der Waals surface area (Å²) in [5, 5.41) is 6.89. The summed E-state index contributed by atoms with van der Waals surface area (Å²) >= 11 is 9.32. The molecule has 0 aromatic carbocycles. The van der Waals surface area contributed by atoms with Gasteiger partial charge in [-0.2, -0.15) is 0 Å². The lowest BCUT2D eigenvalue weighted by molar-refractivity contribution is -0.122. The molecule has 0 saturated heterocycles. The van der Waals surface area contributed by atoms with Gasteiger partial charge in [-0.25, -0.2) is 0 Å². The normalized spacial score (nSPS) is 3.75. The van der Waals surface area contributed by atoms with Crippen molar-refractivity contribution in [2.24, 2.45) is 0 Å². The molecule has 8 heteroatoms. The third-order valence-electron chi connectivity index (χ3n) is 0. The summed E-state index contributed by atoms with van der Waals surface area (Å²) in [7, 11) is 0. The number of carbonyl (C=O) groups is 4. The Morgan fingerprint density at radius 3 is 0.600 bits per heavy atom. The minimum atomic E-state index is -0.250. The van der Waals surface area contributed by atoms with Gasteiger partial charge in [-0.1, -0.05) is 55.4 Å². The van der Waals surface area contributed by atoms with E-state index in [2.05, 4.69) is 37.9 Å². The average Bonchev–Trinajstić information content (AvgIpc) is 2.50. The Kier molecular flexibility index (Phi) is 1150. The SMILES string of the molecule is CC.CC.CC.CC.O=CO.O=CS.O=CS.O=CS.[3HH].[3HH].[3HH].[3HH]. The van der Waals surface area contributed by atoms with E-state index in [9.17, 15) is 0 Å². The predicted octanol–water partition coefficient (Wildman–Crippen LogP) is 5.11. The van der Waals surface area contributed by atoms with Crippen LogP contribution in [0.4, 0.5) is 0 Å². The maximum atomic E-state index is 8.67. The standard InChI is InChI=1S/4C2H6.CH2O2.3CH2OS.4H2/c4*1-2;4*2-1-3;;;;/h4*1-2H3;4*1H,(H,2,3);4*1H/i;;;;;;;;4*1+2. The molecule has 0 aliphatic carbocycles. The first-order chi connectivity index (χ1) is 9.66. The van der Waals surface area contributed by atoms with Crippen molar-refractivity contribution in [2.75, 3.05) is 0 Å². The van der Waals surface area contributed by atoms with E-state index in [1.54, 1.807) is 0 Å². The molecule has 1 N–H and O–H groups in total. The summed E-state index contributed by atoms with van der Waals surface area (Å²) in [4.78, 5) is 34.4. The summed E-state index contributed by atoms with van der Waals surface area (Å²) in [5.41, 5.74) is 1.33. The van der Waals surface area contributed by atoms with E-state index < -0.39 is 0 Å². The summed E-state index contributed by atoms with van der Waals surface area (Å²) in [6.45, 7) is 15.8. The van der Waals surface area contributed by atoms with E-state index in [1.807, 2.05) is 55.4 Å². The van der Waals surface area contributed by atoms with Gasteiger partial charge in [0.1, 0.15) is 0 Å². The third kappa shape index (κ3) is 21700. The number of carbonyl (C=O) groups excluding carboxylic acids is 3. The molecular formula is C12H40O5S3. The van der Waals surface area contributed by atoms with Crippen molar-refractivity contribution in [2.45, 2.75) is 55.4 Å². The molecule has 0 fully saturated rings. The molecular weight excluding hydrogens is 320 g/mol. The van der Waals surface area contributed by atoms with Gasteiger partial charge >= 0.3 is 0 Å². The van der Waals surface area contributed by atoms with Crippen molar-refractivity contribution in [3.8, 4) is 0 Å². The van der Waals surface area contributed by atoms with Crippen molar-refractivity contribution < 1.29 is 30.0 Å². The zero-order valence-corrected chi connectivity index (χ0v) is 16.4. The molecule has 0 atom stereocenters. The summed E-state index contributed by atoms with van der Waals surface area (Å²) < 4.78 is 0.